The van der Waals surface area contributed by atoms with Gasteiger partial charge in [0.15, 0.2) is 0 Å². The molecule has 0 aromatic carbocycles. The minimum absolute atomic E-state index is 0.0187. The van der Waals surface area contributed by atoms with Crippen molar-refractivity contribution < 1.29 is 24.5 Å². The van der Waals surface area contributed by atoms with Crippen LogP contribution in [-0.2, 0) is 14.3 Å². The van der Waals surface area contributed by atoms with E-state index in [1.165, 1.54) is 186 Å². The fourth-order valence-corrected chi connectivity index (χ4v) is 8.25. The summed E-state index contributed by atoms with van der Waals surface area (Å²) in [6.45, 7) is 4.81. The lowest BCUT2D eigenvalue weighted by molar-refractivity contribution is -0.143. The second-order valence-corrected chi connectivity index (χ2v) is 18.9. The van der Waals surface area contributed by atoms with Gasteiger partial charge in [-0.25, -0.2) is 0 Å². The first-order valence-electron chi connectivity index (χ1n) is 27.9. The molecule has 0 aliphatic rings. The number of allylic oxidation sites excluding steroid dienone is 7. The van der Waals surface area contributed by atoms with E-state index in [1.807, 2.05) is 6.08 Å². The highest BCUT2D eigenvalue weighted by molar-refractivity contribution is 5.76. The maximum absolute atomic E-state index is 12.5. The molecule has 0 aromatic rings. The van der Waals surface area contributed by atoms with Gasteiger partial charge in [0.2, 0.25) is 5.91 Å². The number of nitrogens with one attached hydrogen (secondary N) is 1. The summed E-state index contributed by atoms with van der Waals surface area (Å²) in [6.07, 6.45) is 66.9. The number of carbonyl (C=O) groups excluding carboxylic acids is 2. The molecule has 6 nitrogen and oxygen atoms in total. The maximum Gasteiger partial charge on any atom is 0.305 e. The summed E-state index contributed by atoms with van der Waals surface area (Å²) in [4.78, 5) is 24.5. The topological polar surface area (TPSA) is 95.9 Å². The molecule has 2 atom stereocenters. The van der Waals surface area contributed by atoms with Crippen LogP contribution in [0.1, 0.15) is 284 Å². The van der Waals surface area contributed by atoms with E-state index in [-0.39, 0.29) is 18.5 Å². The van der Waals surface area contributed by atoms with Gasteiger partial charge in [-0.3, -0.25) is 9.59 Å². The first kappa shape index (κ1) is 61.8. The van der Waals surface area contributed by atoms with E-state index in [0.29, 0.717) is 19.4 Å². The minimum atomic E-state index is -0.853. The average Bonchev–Trinajstić information content (AvgIpc) is 3.29. The lowest BCUT2D eigenvalue weighted by atomic mass is 10.0. The second-order valence-electron chi connectivity index (χ2n) is 18.9. The Kier molecular flexibility index (Phi) is 51.6. The van der Waals surface area contributed by atoms with Crippen LogP contribution in [0.4, 0.5) is 0 Å². The number of aliphatic hydroxyl groups is 2. The molecular weight excluding hydrogens is 791 g/mol. The zero-order chi connectivity index (χ0) is 46.5. The molecule has 6 heteroatoms. The Morgan fingerprint density at radius 3 is 1.27 bits per heavy atom. The molecule has 0 fully saturated rings. The van der Waals surface area contributed by atoms with E-state index in [1.54, 1.807) is 6.08 Å². The van der Waals surface area contributed by atoms with Gasteiger partial charge in [0.1, 0.15) is 0 Å². The van der Waals surface area contributed by atoms with Crippen LogP contribution in [0.25, 0.3) is 0 Å². The molecule has 1 amide bonds. The van der Waals surface area contributed by atoms with Crippen LogP contribution < -0.4 is 5.32 Å². The molecule has 0 spiro atoms. The van der Waals surface area contributed by atoms with Gasteiger partial charge in [-0.05, 0) is 83.5 Å². The van der Waals surface area contributed by atoms with Crippen molar-refractivity contribution in [2.75, 3.05) is 13.2 Å². The first-order valence-corrected chi connectivity index (χ1v) is 27.9. The van der Waals surface area contributed by atoms with Crippen LogP contribution >= 0.6 is 0 Å². The predicted octanol–water partition coefficient (Wildman–Crippen LogP) is 17.0. The van der Waals surface area contributed by atoms with Crippen LogP contribution in [0.15, 0.2) is 48.6 Å². The van der Waals surface area contributed by atoms with Gasteiger partial charge in [-0.2, -0.15) is 0 Å². The summed E-state index contributed by atoms with van der Waals surface area (Å²) in [5.74, 6) is -0.0990. The number of ether oxygens (including phenoxy) is 1. The Labute approximate surface area is 397 Å². The van der Waals surface area contributed by atoms with E-state index in [0.717, 1.165) is 70.6 Å². The monoisotopic (exact) mass is 898 g/mol. The quantitative estimate of drug-likeness (QED) is 0.0321. The Bertz CT molecular complexity index is 1080. The van der Waals surface area contributed by atoms with Gasteiger partial charge in [-0.15, -0.1) is 0 Å². The molecule has 0 heterocycles. The summed E-state index contributed by atoms with van der Waals surface area (Å²) in [6, 6.07) is -0.638. The number of carbonyl (C=O) groups is 2. The molecule has 64 heavy (non-hydrogen) atoms. The average molecular weight is 898 g/mol. The van der Waals surface area contributed by atoms with Crippen molar-refractivity contribution in [3.63, 3.8) is 0 Å². The normalized spacial score (nSPS) is 13.0. The third-order valence-electron chi connectivity index (χ3n) is 12.5. The zero-order valence-electron chi connectivity index (χ0n) is 42.5. The molecule has 374 valence electrons. The van der Waals surface area contributed by atoms with E-state index in [2.05, 4.69) is 55.6 Å². The maximum atomic E-state index is 12.5. The SMILES string of the molecule is CCC/C=C\C/C=C\CCCCCCCC(=O)OCCCCCCCC/C=C\CCCCCCCCCC(=O)NC(CO)C(O)/C=C/CCCCCCCCCCCCCCCCC. The zero-order valence-corrected chi connectivity index (χ0v) is 42.5. The molecule has 0 aliphatic heterocycles. The summed E-state index contributed by atoms with van der Waals surface area (Å²) < 4.78 is 5.45. The van der Waals surface area contributed by atoms with Crippen molar-refractivity contribution in [1.82, 2.24) is 5.32 Å². The Hall–Kier alpha value is -2.18. The van der Waals surface area contributed by atoms with Gasteiger partial charge in [0, 0.05) is 12.8 Å². The number of unbranched alkanes of at least 4 members (excludes halogenated alkanes) is 34. The summed E-state index contributed by atoms with van der Waals surface area (Å²) in [7, 11) is 0. The summed E-state index contributed by atoms with van der Waals surface area (Å²) >= 11 is 0. The largest absolute Gasteiger partial charge is 0.466 e. The van der Waals surface area contributed by atoms with Crippen LogP contribution in [0.5, 0.6) is 0 Å². The molecule has 0 saturated carbocycles. The van der Waals surface area contributed by atoms with Gasteiger partial charge in [0.25, 0.3) is 0 Å². The standard InChI is InChI=1S/C58H107NO5/c1-3-5-7-9-11-13-15-17-18-20-23-27-30-34-38-42-46-50-56(61)55(54-60)59-57(62)51-47-43-39-35-31-28-24-21-19-22-25-29-33-37-41-45-49-53-64-58(63)52-48-44-40-36-32-26-16-14-12-10-8-6-4-2/h8,10,14,16,19,22,46,50,55-56,60-61H,3-7,9,11-13,15,17-18,20-21,23-45,47-49,51-54H2,1-2H3,(H,59,62)/b10-8-,16-14-,22-19-,50-46+. The van der Waals surface area contributed by atoms with Crippen LogP contribution in [-0.4, -0.2) is 47.4 Å². The van der Waals surface area contributed by atoms with Gasteiger partial charge in [0.05, 0.1) is 25.4 Å². The van der Waals surface area contributed by atoms with Crippen LogP contribution in [0.3, 0.4) is 0 Å². The number of aliphatic hydroxyl groups excluding tert-OH is 2. The molecule has 0 rings (SSSR count). The van der Waals surface area contributed by atoms with E-state index in [4.69, 9.17) is 4.74 Å². The highest BCUT2D eigenvalue weighted by Gasteiger charge is 2.18. The molecule has 0 aromatic heterocycles. The predicted molar refractivity (Wildman–Crippen MR) is 278 cm³/mol. The minimum Gasteiger partial charge on any atom is -0.466 e. The second kappa shape index (κ2) is 53.4. The lowest BCUT2D eigenvalue weighted by Crippen LogP contribution is -2.45. The smallest absolute Gasteiger partial charge is 0.305 e. The molecule has 0 aliphatic carbocycles. The van der Waals surface area contributed by atoms with Crippen molar-refractivity contribution in [2.24, 2.45) is 0 Å². The van der Waals surface area contributed by atoms with Crippen molar-refractivity contribution in [3.05, 3.63) is 48.6 Å². The first-order chi connectivity index (χ1) is 31.5. The number of hydrogen-bond acceptors (Lipinski definition) is 5. The van der Waals surface area contributed by atoms with Gasteiger partial charge >= 0.3 is 5.97 Å². The van der Waals surface area contributed by atoms with Gasteiger partial charge in [-0.1, -0.05) is 236 Å². The van der Waals surface area contributed by atoms with E-state index < -0.39 is 12.1 Å². The highest BCUT2D eigenvalue weighted by atomic mass is 16.5. The van der Waals surface area contributed by atoms with E-state index in [9.17, 15) is 19.8 Å². The third kappa shape index (κ3) is 49.3. The highest BCUT2D eigenvalue weighted by Crippen LogP contribution is 2.16. The Morgan fingerprint density at radius 2 is 0.812 bits per heavy atom. The van der Waals surface area contributed by atoms with Crippen molar-refractivity contribution >= 4 is 11.9 Å². The fraction of sp³-hybridized carbons (Fsp3) is 0.828. The van der Waals surface area contributed by atoms with Crippen molar-refractivity contribution in [1.29, 1.82) is 0 Å². The molecule has 0 bridgehead atoms. The molecule has 0 radical (unpaired) electrons. The fourth-order valence-electron chi connectivity index (χ4n) is 8.25. The lowest BCUT2D eigenvalue weighted by Gasteiger charge is -2.20. The van der Waals surface area contributed by atoms with Crippen molar-refractivity contribution in [3.8, 4) is 0 Å². The van der Waals surface area contributed by atoms with Crippen LogP contribution in [0.2, 0.25) is 0 Å². The summed E-state index contributed by atoms with van der Waals surface area (Å²) in [5.41, 5.74) is 0. The number of rotatable bonds is 51. The number of esters is 1. The third-order valence-corrected chi connectivity index (χ3v) is 12.5. The Balaban J connectivity index is 3.51. The molecular formula is C58H107NO5. The molecule has 0 saturated heterocycles. The van der Waals surface area contributed by atoms with Gasteiger partial charge < -0.3 is 20.3 Å². The number of amides is 1. The number of hydrogen-bond donors (Lipinski definition) is 3. The van der Waals surface area contributed by atoms with Crippen molar-refractivity contribution in [2.45, 2.75) is 296 Å². The Morgan fingerprint density at radius 1 is 0.438 bits per heavy atom. The molecule has 3 N–H and O–H groups in total. The van der Waals surface area contributed by atoms with E-state index >= 15 is 0 Å². The van der Waals surface area contributed by atoms with Crippen LogP contribution in [0, 0.1) is 0 Å². The summed E-state index contributed by atoms with van der Waals surface area (Å²) in [5, 5.41) is 23.1. The molecule has 2 unspecified atom stereocenters.